The van der Waals surface area contributed by atoms with Crippen molar-refractivity contribution in [2.45, 2.75) is 0 Å². The Morgan fingerprint density at radius 2 is 1.79 bits per heavy atom. The molecule has 0 saturated heterocycles. The zero-order valence-corrected chi connectivity index (χ0v) is 14.2. The molecule has 3 aromatic rings. The minimum absolute atomic E-state index is 0.0774. The predicted octanol–water partition coefficient (Wildman–Crippen LogP) is 2.72. The number of oxime groups is 1. The van der Waals surface area contributed by atoms with Crippen molar-refractivity contribution in [1.29, 1.82) is 5.41 Å². The van der Waals surface area contributed by atoms with Gasteiger partial charge in [-0.05, 0) is 24.3 Å². The van der Waals surface area contributed by atoms with Gasteiger partial charge < -0.3 is 14.7 Å². The first-order valence-corrected chi connectivity index (χ1v) is 7.90. The van der Waals surface area contributed by atoms with Crippen molar-refractivity contribution in [2.24, 2.45) is 5.16 Å². The molecule has 0 atom stereocenters. The molecule has 0 radical (unpaired) electrons. The Bertz CT molecular complexity index is 1030. The molecule has 0 bridgehead atoms. The van der Waals surface area contributed by atoms with Gasteiger partial charge in [0.05, 0.1) is 5.69 Å². The SMILES string of the molecule is N=C(NC(=O)O)c1ccc(-c2ccc(-c3ccc(/C(=N/O)NO)cc3)nc2)o1. The molecule has 3 rings (SSSR count). The molecule has 10 heteroatoms. The standard InChI is InChI=1S/C18H15N5O5/c19-16(21-18(24)25)15-8-7-14(28-15)12-5-6-13(20-9-12)10-1-3-11(4-2-10)17(22-26)23-27/h1-9,26-27H,(H2,19,21)(H,22,23)(H,24,25). The molecule has 2 heterocycles. The number of hydrogen-bond acceptors (Lipinski definition) is 7. The van der Waals surface area contributed by atoms with E-state index >= 15 is 0 Å². The lowest BCUT2D eigenvalue weighted by molar-refractivity contribution is 0.200. The average Bonchev–Trinajstić information content (AvgIpc) is 3.20. The van der Waals surface area contributed by atoms with E-state index in [1.165, 1.54) is 6.07 Å². The van der Waals surface area contributed by atoms with Crippen LogP contribution in [0, 0.1) is 5.41 Å². The van der Waals surface area contributed by atoms with E-state index < -0.39 is 6.09 Å². The molecule has 0 spiro atoms. The number of rotatable bonds is 4. The van der Waals surface area contributed by atoms with Crippen LogP contribution in [0.2, 0.25) is 0 Å². The predicted molar refractivity (Wildman–Crippen MR) is 98.6 cm³/mol. The number of nitrogens with zero attached hydrogens (tertiary/aromatic N) is 2. The van der Waals surface area contributed by atoms with Gasteiger partial charge in [0.15, 0.2) is 17.4 Å². The second-order valence-electron chi connectivity index (χ2n) is 5.54. The first-order valence-electron chi connectivity index (χ1n) is 7.90. The van der Waals surface area contributed by atoms with E-state index in [-0.39, 0.29) is 17.4 Å². The third-order valence-electron chi connectivity index (χ3n) is 3.79. The normalized spacial score (nSPS) is 11.1. The molecule has 0 aliphatic rings. The number of hydrogen-bond donors (Lipinski definition) is 6. The zero-order valence-electron chi connectivity index (χ0n) is 14.2. The lowest BCUT2D eigenvalue weighted by Gasteiger charge is -2.05. The van der Waals surface area contributed by atoms with Crippen LogP contribution in [0.25, 0.3) is 22.6 Å². The summed E-state index contributed by atoms with van der Waals surface area (Å²) < 4.78 is 5.49. The molecule has 0 aliphatic heterocycles. The largest absolute Gasteiger partial charge is 0.465 e. The van der Waals surface area contributed by atoms with Gasteiger partial charge in [0.25, 0.3) is 0 Å². The van der Waals surface area contributed by atoms with Crippen LogP contribution in [-0.4, -0.2) is 38.3 Å². The lowest BCUT2D eigenvalue weighted by atomic mass is 10.1. The number of carbonyl (C=O) groups is 1. The van der Waals surface area contributed by atoms with Gasteiger partial charge in [-0.3, -0.25) is 20.9 Å². The molecule has 142 valence electrons. The Morgan fingerprint density at radius 3 is 2.36 bits per heavy atom. The summed E-state index contributed by atoms with van der Waals surface area (Å²) in [4.78, 5) is 15.0. The monoisotopic (exact) mass is 381 g/mol. The lowest BCUT2D eigenvalue weighted by Crippen LogP contribution is -2.28. The van der Waals surface area contributed by atoms with Gasteiger partial charge in [0.1, 0.15) is 5.76 Å². The Balaban J connectivity index is 1.78. The van der Waals surface area contributed by atoms with E-state index in [0.29, 0.717) is 22.6 Å². The van der Waals surface area contributed by atoms with E-state index in [0.717, 1.165) is 5.56 Å². The number of carboxylic acid groups (broad SMARTS) is 1. The summed E-state index contributed by atoms with van der Waals surface area (Å²) in [5, 5.41) is 38.8. The maximum Gasteiger partial charge on any atom is 0.410 e. The van der Waals surface area contributed by atoms with Crippen LogP contribution < -0.4 is 10.8 Å². The van der Waals surface area contributed by atoms with Crippen LogP contribution >= 0.6 is 0 Å². The average molecular weight is 381 g/mol. The van der Waals surface area contributed by atoms with Crippen LogP contribution in [0.1, 0.15) is 11.3 Å². The molecular weight excluding hydrogens is 366 g/mol. The highest BCUT2D eigenvalue weighted by molar-refractivity contribution is 6.02. The third kappa shape index (κ3) is 3.97. The molecule has 6 N–H and O–H groups in total. The number of furan rings is 1. The number of hydroxylamine groups is 1. The van der Waals surface area contributed by atoms with E-state index in [1.54, 1.807) is 54.1 Å². The van der Waals surface area contributed by atoms with Gasteiger partial charge in [-0.25, -0.2) is 10.3 Å². The smallest absolute Gasteiger partial charge is 0.410 e. The van der Waals surface area contributed by atoms with Crippen molar-refractivity contribution < 1.29 is 24.7 Å². The van der Waals surface area contributed by atoms with Gasteiger partial charge in [-0.2, -0.15) is 0 Å². The van der Waals surface area contributed by atoms with E-state index in [2.05, 4.69) is 10.1 Å². The Kier molecular flexibility index (Phi) is 5.33. The number of amides is 1. The highest BCUT2D eigenvalue weighted by Crippen LogP contribution is 2.24. The van der Waals surface area contributed by atoms with Crippen molar-refractivity contribution in [3.8, 4) is 22.6 Å². The van der Waals surface area contributed by atoms with Gasteiger partial charge in [-0.15, -0.1) is 0 Å². The summed E-state index contributed by atoms with van der Waals surface area (Å²) in [6.07, 6.45) is 0.253. The molecule has 0 unspecified atom stereocenters. The van der Waals surface area contributed by atoms with Gasteiger partial charge >= 0.3 is 6.09 Å². The molecule has 10 nitrogen and oxygen atoms in total. The van der Waals surface area contributed by atoms with Crippen molar-refractivity contribution in [2.75, 3.05) is 0 Å². The van der Waals surface area contributed by atoms with Crippen LogP contribution in [-0.2, 0) is 0 Å². The molecule has 2 aromatic heterocycles. The van der Waals surface area contributed by atoms with Crippen LogP contribution in [0.3, 0.4) is 0 Å². The first kappa shape index (κ1) is 18.6. The van der Waals surface area contributed by atoms with Gasteiger partial charge in [0, 0.05) is 22.9 Å². The molecule has 28 heavy (non-hydrogen) atoms. The van der Waals surface area contributed by atoms with E-state index in [9.17, 15) is 4.79 Å². The fraction of sp³-hybridized carbons (Fsp3) is 0. The summed E-state index contributed by atoms with van der Waals surface area (Å²) in [6, 6.07) is 13.5. The number of benzene rings is 1. The second kappa shape index (κ2) is 8.01. The molecule has 0 saturated carbocycles. The first-order chi connectivity index (χ1) is 13.5. The van der Waals surface area contributed by atoms with Crippen molar-refractivity contribution in [1.82, 2.24) is 15.8 Å². The van der Waals surface area contributed by atoms with Crippen LogP contribution in [0.5, 0.6) is 0 Å². The van der Waals surface area contributed by atoms with Gasteiger partial charge in [-0.1, -0.05) is 29.4 Å². The Morgan fingerprint density at radius 1 is 1.07 bits per heavy atom. The third-order valence-corrected chi connectivity index (χ3v) is 3.79. The number of amidine groups is 2. The maximum absolute atomic E-state index is 10.6. The highest BCUT2D eigenvalue weighted by atomic mass is 16.5. The van der Waals surface area contributed by atoms with Gasteiger partial charge in [0.2, 0.25) is 0 Å². The number of pyridine rings is 1. The second-order valence-corrected chi connectivity index (χ2v) is 5.54. The van der Waals surface area contributed by atoms with Crippen LogP contribution in [0.4, 0.5) is 4.79 Å². The summed E-state index contributed by atoms with van der Waals surface area (Å²) in [6.45, 7) is 0. The fourth-order valence-corrected chi connectivity index (χ4v) is 2.45. The van der Waals surface area contributed by atoms with E-state index in [4.69, 9.17) is 25.3 Å². The van der Waals surface area contributed by atoms with Crippen LogP contribution in [0.15, 0.2) is 64.3 Å². The molecule has 1 amide bonds. The summed E-state index contributed by atoms with van der Waals surface area (Å²) in [5.41, 5.74) is 4.43. The summed E-state index contributed by atoms with van der Waals surface area (Å²) >= 11 is 0. The highest BCUT2D eigenvalue weighted by Gasteiger charge is 2.12. The molecule has 0 aliphatic carbocycles. The molecular formula is C18H15N5O5. The Labute approximate surface area is 158 Å². The molecule has 1 aromatic carbocycles. The fourth-order valence-electron chi connectivity index (χ4n) is 2.45. The topological polar surface area (TPSA) is 164 Å². The van der Waals surface area contributed by atoms with Crippen molar-refractivity contribution in [3.63, 3.8) is 0 Å². The Hall–Kier alpha value is -4.18. The molecule has 0 fully saturated rings. The van der Waals surface area contributed by atoms with Crippen molar-refractivity contribution in [3.05, 3.63) is 66.1 Å². The number of aromatic nitrogens is 1. The maximum atomic E-state index is 10.6. The quantitative estimate of drug-likeness (QED) is 0.175. The summed E-state index contributed by atoms with van der Waals surface area (Å²) in [5.74, 6) is 0.105. The minimum Gasteiger partial charge on any atom is -0.465 e. The number of nitrogens with one attached hydrogen (secondary N) is 3. The zero-order chi connectivity index (χ0) is 20.1. The van der Waals surface area contributed by atoms with E-state index in [1.807, 2.05) is 5.32 Å². The summed E-state index contributed by atoms with van der Waals surface area (Å²) in [7, 11) is 0. The van der Waals surface area contributed by atoms with Crippen molar-refractivity contribution >= 4 is 17.8 Å². The minimum atomic E-state index is -1.34.